The summed E-state index contributed by atoms with van der Waals surface area (Å²) >= 11 is 4.14. The molecule has 0 N–H and O–H groups in total. The third kappa shape index (κ3) is 6.48. The summed E-state index contributed by atoms with van der Waals surface area (Å²) in [5.74, 6) is 1.73. The van der Waals surface area contributed by atoms with Crippen LogP contribution in [0, 0.1) is 18.8 Å². The first-order chi connectivity index (χ1) is 14.3. The van der Waals surface area contributed by atoms with E-state index in [4.69, 9.17) is 0 Å². The van der Waals surface area contributed by atoms with E-state index in [0.717, 1.165) is 17.4 Å². The van der Waals surface area contributed by atoms with Crippen LogP contribution >= 0.6 is 0 Å². The van der Waals surface area contributed by atoms with Crippen LogP contribution in [-0.2, 0) is 22.7 Å². The third-order valence-electron chi connectivity index (χ3n) is 6.97. The fourth-order valence-electron chi connectivity index (χ4n) is 5.03. The van der Waals surface area contributed by atoms with Crippen molar-refractivity contribution < 1.29 is 13.0 Å². The van der Waals surface area contributed by atoms with Gasteiger partial charge in [0.05, 0.1) is 4.90 Å². The van der Waals surface area contributed by atoms with E-state index < -0.39 is 10.1 Å². The highest BCUT2D eigenvalue weighted by Gasteiger charge is 2.40. The van der Waals surface area contributed by atoms with E-state index in [1.807, 2.05) is 6.92 Å². The van der Waals surface area contributed by atoms with Crippen molar-refractivity contribution in [3.8, 4) is 0 Å². The summed E-state index contributed by atoms with van der Waals surface area (Å²) in [6, 6.07) is 5.78. The highest BCUT2D eigenvalue weighted by Crippen LogP contribution is 2.41. The molecule has 3 aliphatic rings. The number of aryl methyl sites for hydroxylation is 1. The third-order valence-corrected chi connectivity index (χ3v) is 8.60. The van der Waals surface area contributed by atoms with Crippen LogP contribution < -0.4 is 0 Å². The molecule has 0 aromatic heterocycles. The van der Waals surface area contributed by atoms with Gasteiger partial charge in [-0.05, 0) is 74.9 Å². The molecule has 5 heteroatoms. The van der Waals surface area contributed by atoms with E-state index in [9.17, 15) is 13.0 Å². The minimum atomic E-state index is -4.27. The van der Waals surface area contributed by atoms with E-state index in [-0.39, 0.29) is 9.64 Å². The average Bonchev–Trinajstić information content (AvgIpc) is 2.76. The van der Waals surface area contributed by atoms with Crippen molar-refractivity contribution in [2.24, 2.45) is 11.8 Å². The van der Waals surface area contributed by atoms with Crippen molar-refractivity contribution in [3.63, 3.8) is 0 Å². The van der Waals surface area contributed by atoms with Crippen LogP contribution in [-0.4, -0.2) is 17.7 Å². The maximum absolute atomic E-state index is 10.4. The summed E-state index contributed by atoms with van der Waals surface area (Å²) in [5, 5.41) is 0. The van der Waals surface area contributed by atoms with Crippen LogP contribution in [0.4, 0.5) is 0 Å². The Morgan fingerprint density at radius 3 is 2.00 bits per heavy atom. The van der Waals surface area contributed by atoms with Gasteiger partial charge >= 0.3 is 0 Å². The van der Waals surface area contributed by atoms with E-state index in [0.29, 0.717) is 0 Å². The van der Waals surface area contributed by atoms with Gasteiger partial charge in [0.25, 0.3) is 0 Å². The van der Waals surface area contributed by atoms with Gasteiger partial charge in [0, 0.05) is 12.3 Å². The fraction of sp³-hybridized carbons (Fsp3) is 0.600. The highest BCUT2D eigenvalue weighted by atomic mass is 32.2. The second kappa shape index (κ2) is 10.5. The summed E-state index contributed by atoms with van der Waals surface area (Å²) in [4.78, 5) is -0.178. The standard InChI is InChI=1S/C18H28S.C7H8O3S/c19-18(17-9-5-2-6-10-17)13-11-16(12-14-18)15-7-3-1-4-8-15;1-6-2-4-7(5-3-6)11(8,9)10/h11-13,15,17,19H,1-10,14H2;2-5H,1H3,(H,8,9,10). The highest BCUT2D eigenvalue weighted by molar-refractivity contribution is 7.85. The molecule has 3 aliphatic carbocycles. The van der Waals surface area contributed by atoms with Gasteiger partial charge in [-0.1, -0.05) is 68.4 Å². The van der Waals surface area contributed by atoms with Crippen LogP contribution in [0.5, 0.6) is 0 Å². The second-order valence-corrected chi connectivity index (χ2v) is 11.5. The molecule has 0 saturated heterocycles. The average molecular weight is 449 g/mol. The molecular formula is C25H36O3S2. The molecule has 1 unspecified atom stereocenters. The van der Waals surface area contributed by atoms with Gasteiger partial charge in [-0.3, -0.25) is 0 Å². The Labute approximate surface area is 188 Å². The topological polar surface area (TPSA) is 57.2 Å². The SMILES string of the molecule is Cc1ccc(S(=O)(=O)[O-])cc1.[SH2+]C1(C2CCCCC2)C=CC(C2CCCCC2)=CC1. The molecule has 30 heavy (non-hydrogen) atoms. The minimum Gasteiger partial charge on any atom is -0.744 e. The van der Waals surface area contributed by atoms with E-state index in [1.54, 1.807) is 17.7 Å². The normalized spacial score (nSPS) is 25.9. The number of allylic oxidation sites excluding steroid dienone is 3. The molecule has 2 saturated carbocycles. The molecule has 166 valence electrons. The lowest BCUT2D eigenvalue weighted by Crippen LogP contribution is -2.36. The Morgan fingerprint density at radius 2 is 1.50 bits per heavy atom. The van der Waals surface area contributed by atoms with Crippen LogP contribution in [0.3, 0.4) is 0 Å². The molecule has 0 heterocycles. The molecule has 1 aromatic carbocycles. The second-order valence-electron chi connectivity index (χ2n) is 9.22. The van der Waals surface area contributed by atoms with Gasteiger partial charge in [-0.2, -0.15) is 0 Å². The van der Waals surface area contributed by atoms with Gasteiger partial charge in [0.1, 0.15) is 14.9 Å². The number of benzene rings is 1. The molecule has 1 aromatic rings. The van der Waals surface area contributed by atoms with E-state index in [2.05, 4.69) is 30.9 Å². The number of hydrogen-bond donors (Lipinski definition) is 0. The first-order valence-electron chi connectivity index (χ1n) is 11.4. The lowest BCUT2D eigenvalue weighted by molar-refractivity contribution is 0.308. The maximum Gasteiger partial charge on any atom is 0.148 e. The molecule has 0 bridgehead atoms. The zero-order chi connectivity index (χ0) is 21.6. The molecule has 0 spiro atoms. The Balaban J connectivity index is 0.000000199. The van der Waals surface area contributed by atoms with Crippen LogP contribution in [0.15, 0.2) is 53.0 Å². The summed E-state index contributed by atoms with van der Waals surface area (Å²) in [6.07, 6.45) is 23.1. The monoisotopic (exact) mass is 448 g/mol. The molecule has 2 fully saturated rings. The smallest absolute Gasteiger partial charge is 0.148 e. The van der Waals surface area contributed by atoms with Crippen LogP contribution in [0.1, 0.15) is 76.2 Å². The molecule has 0 aliphatic heterocycles. The molecular weight excluding hydrogens is 412 g/mol. The van der Waals surface area contributed by atoms with Gasteiger partial charge in [0.2, 0.25) is 0 Å². The number of rotatable bonds is 3. The Kier molecular flexibility index (Phi) is 8.28. The van der Waals surface area contributed by atoms with E-state index >= 15 is 0 Å². The number of hydrogen-bond acceptors (Lipinski definition) is 3. The zero-order valence-electron chi connectivity index (χ0n) is 18.1. The lowest BCUT2D eigenvalue weighted by atomic mass is 9.74. The Hall–Kier alpha value is -1.04. The van der Waals surface area contributed by atoms with E-state index in [1.165, 1.54) is 82.8 Å². The molecule has 1 atom stereocenters. The van der Waals surface area contributed by atoms with Crippen molar-refractivity contribution in [2.75, 3.05) is 0 Å². The minimum absolute atomic E-state index is 0.178. The lowest BCUT2D eigenvalue weighted by Gasteiger charge is -2.34. The predicted molar refractivity (Wildman–Crippen MR) is 127 cm³/mol. The Morgan fingerprint density at radius 1 is 0.933 bits per heavy atom. The molecule has 4 rings (SSSR count). The van der Waals surface area contributed by atoms with Crippen molar-refractivity contribution in [1.82, 2.24) is 0 Å². The van der Waals surface area contributed by atoms with Gasteiger partial charge < -0.3 is 4.55 Å². The van der Waals surface area contributed by atoms with Crippen molar-refractivity contribution in [1.29, 1.82) is 0 Å². The molecule has 3 nitrogen and oxygen atoms in total. The van der Waals surface area contributed by atoms with Crippen molar-refractivity contribution in [3.05, 3.63) is 53.6 Å². The van der Waals surface area contributed by atoms with Gasteiger partial charge in [-0.25, -0.2) is 8.42 Å². The van der Waals surface area contributed by atoms with Gasteiger partial charge in [-0.15, -0.1) is 0 Å². The quantitative estimate of drug-likeness (QED) is 0.441. The van der Waals surface area contributed by atoms with Gasteiger partial charge in [0.15, 0.2) is 0 Å². The zero-order valence-corrected chi connectivity index (χ0v) is 19.9. The first-order valence-corrected chi connectivity index (χ1v) is 13.4. The Bertz CT molecular complexity index is 843. The van der Waals surface area contributed by atoms with Crippen molar-refractivity contribution in [2.45, 2.75) is 87.2 Å². The fourth-order valence-corrected chi connectivity index (χ4v) is 5.98. The molecule has 0 radical (unpaired) electrons. The summed E-state index contributed by atoms with van der Waals surface area (Å²) in [5.41, 5.74) is 2.57. The van der Waals surface area contributed by atoms with Crippen molar-refractivity contribution >= 4 is 22.7 Å². The maximum atomic E-state index is 10.4. The largest absolute Gasteiger partial charge is 0.744 e. The van der Waals surface area contributed by atoms with Crippen LogP contribution in [0.25, 0.3) is 0 Å². The summed E-state index contributed by atoms with van der Waals surface area (Å²) in [6.45, 7) is 1.82. The predicted octanol–water partition coefficient (Wildman–Crippen LogP) is 5.68. The first kappa shape index (κ1) is 23.6. The molecule has 0 amide bonds. The van der Waals surface area contributed by atoms with Crippen LogP contribution in [0.2, 0.25) is 0 Å². The summed E-state index contributed by atoms with van der Waals surface area (Å²) in [7, 11) is -4.27. The summed E-state index contributed by atoms with van der Waals surface area (Å²) < 4.78 is 31.4.